The number of primary amides is 1. The first-order valence-electron chi connectivity index (χ1n) is 9.70. The Labute approximate surface area is 179 Å². The molecule has 0 saturated heterocycles. The fourth-order valence-electron chi connectivity index (χ4n) is 2.58. The monoisotopic (exact) mass is 445 g/mol. The molecule has 0 aliphatic carbocycles. The average molecular weight is 445 g/mol. The predicted molar refractivity (Wildman–Crippen MR) is 107 cm³/mol. The van der Waals surface area contributed by atoms with Crippen LogP contribution in [0.2, 0.25) is 0 Å². The third kappa shape index (κ3) is 12.2. The predicted octanol–water partition coefficient (Wildman–Crippen LogP) is -2.34. The minimum Gasteiger partial charge on any atom is -0.481 e. The first kappa shape index (κ1) is 27.8. The van der Waals surface area contributed by atoms with E-state index < -0.39 is 66.7 Å². The Bertz CT molecular complexity index is 682. The maximum absolute atomic E-state index is 12.6. The number of carbonyl (C=O) groups is 6. The fourth-order valence-corrected chi connectivity index (χ4v) is 2.58. The van der Waals surface area contributed by atoms with Crippen molar-refractivity contribution in [1.29, 1.82) is 0 Å². The number of carbonyl (C=O) groups excluding carboxylic acids is 4. The Kier molecular flexibility index (Phi) is 12.5. The molecule has 0 spiro atoms. The van der Waals surface area contributed by atoms with Crippen LogP contribution in [0.5, 0.6) is 0 Å². The van der Waals surface area contributed by atoms with E-state index in [2.05, 4.69) is 16.0 Å². The van der Waals surface area contributed by atoms with Crippen LogP contribution < -0.4 is 27.4 Å². The average Bonchev–Trinajstić information content (AvgIpc) is 2.66. The molecular weight excluding hydrogens is 414 g/mol. The molecule has 176 valence electrons. The van der Waals surface area contributed by atoms with Crippen molar-refractivity contribution in [3.8, 4) is 0 Å². The van der Waals surface area contributed by atoms with Gasteiger partial charge in [-0.1, -0.05) is 13.8 Å². The van der Waals surface area contributed by atoms with Crippen molar-refractivity contribution >= 4 is 35.6 Å². The normalized spacial score (nSPS) is 13.5. The molecule has 0 heterocycles. The van der Waals surface area contributed by atoms with Crippen LogP contribution in [-0.4, -0.2) is 70.5 Å². The lowest BCUT2D eigenvalue weighted by molar-refractivity contribution is -0.143. The van der Waals surface area contributed by atoms with E-state index in [0.717, 1.165) is 0 Å². The molecular formula is C18H31N5O8. The number of aliphatic carboxylic acids is 2. The van der Waals surface area contributed by atoms with Crippen LogP contribution in [0, 0.1) is 5.92 Å². The van der Waals surface area contributed by atoms with E-state index in [-0.39, 0.29) is 31.6 Å². The molecule has 0 aromatic carbocycles. The summed E-state index contributed by atoms with van der Waals surface area (Å²) in [5.74, 6) is -5.74. The van der Waals surface area contributed by atoms with Crippen molar-refractivity contribution in [3.05, 3.63) is 0 Å². The zero-order valence-corrected chi connectivity index (χ0v) is 17.6. The van der Waals surface area contributed by atoms with E-state index in [9.17, 15) is 33.9 Å². The van der Waals surface area contributed by atoms with Gasteiger partial charge in [-0.3, -0.25) is 24.0 Å². The van der Waals surface area contributed by atoms with Crippen molar-refractivity contribution in [3.63, 3.8) is 0 Å². The number of carboxylic acids is 2. The highest BCUT2D eigenvalue weighted by Crippen LogP contribution is 2.07. The van der Waals surface area contributed by atoms with Crippen molar-refractivity contribution in [2.24, 2.45) is 17.4 Å². The van der Waals surface area contributed by atoms with Gasteiger partial charge in [0.15, 0.2) is 0 Å². The summed E-state index contributed by atoms with van der Waals surface area (Å²) in [6.45, 7) is 3.09. The van der Waals surface area contributed by atoms with Crippen molar-refractivity contribution in [1.82, 2.24) is 16.0 Å². The van der Waals surface area contributed by atoms with Crippen molar-refractivity contribution < 1.29 is 39.0 Å². The third-order valence-corrected chi connectivity index (χ3v) is 4.12. The second-order valence-corrected chi connectivity index (χ2v) is 7.35. The zero-order valence-electron chi connectivity index (χ0n) is 17.6. The standard InChI is InChI=1S/C18H31N5O8/c1-9(2)7-12(18(30)31)23-17(29)11(4-6-15(26)27)22-16(28)10(3-5-13(20)24)21-14(25)8-19/h9-12H,3-8,19H2,1-2H3,(H2,20,24)(H,21,25)(H,22,28)(H,23,29)(H,26,27)(H,30,31). The summed E-state index contributed by atoms with van der Waals surface area (Å²) in [5, 5.41) is 25.1. The lowest BCUT2D eigenvalue weighted by atomic mass is 10.0. The first-order valence-corrected chi connectivity index (χ1v) is 9.70. The van der Waals surface area contributed by atoms with Gasteiger partial charge in [0, 0.05) is 12.8 Å². The highest BCUT2D eigenvalue weighted by atomic mass is 16.4. The molecule has 13 nitrogen and oxygen atoms in total. The Hall–Kier alpha value is -3.22. The molecule has 0 fully saturated rings. The molecule has 0 aliphatic rings. The minimum absolute atomic E-state index is 0.0573. The molecule has 3 atom stereocenters. The lowest BCUT2D eigenvalue weighted by Gasteiger charge is -2.24. The molecule has 0 aromatic heterocycles. The van der Waals surface area contributed by atoms with E-state index in [1.54, 1.807) is 13.8 Å². The van der Waals surface area contributed by atoms with Gasteiger partial charge in [0.25, 0.3) is 0 Å². The summed E-state index contributed by atoms with van der Waals surface area (Å²) in [7, 11) is 0. The van der Waals surface area contributed by atoms with Crippen LogP contribution in [-0.2, 0) is 28.8 Å². The number of hydrogen-bond donors (Lipinski definition) is 7. The van der Waals surface area contributed by atoms with Gasteiger partial charge in [-0.2, -0.15) is 0 Å². The second-order valence-electron chi connectivity index (χ2n) is 7.35. The number of hydrogen-bond acceptors (Lipinski definition) is 7. The van der Waals surface area contributed by atoms with Crippen LogP contribution in [0.3, 0.4) is 0 Å². The van der Waals surface area contributed by atoms with Crippen molar-refractivity contribution in [2.45, 2.75) is 64.1 Å². The number of rotatable bonds is 15. The highest BCUT2D eigenvalue weighted by molar-refractivity contribution is 5.94. The number of nitrogens with one attached hydrogen (secondary N) is 3. The Morgan fingerprint density at radius 1 is 0.806 bits per heavy atom. The molecule has 31 heavy (non-hydrogen) atoms. The molecule has 0 saturated carbocycles. The summed E-state index contributed by atoms with van der Waals surface area (Å²) in [5.41, 5.74) is 10.3. The van der Waals surface area contributed by atoms with Crippen LogP contribution in [0.25, 0.3) is 0 Å². The number of nitrogens with two attached hydrogens (primary N) is 2. The summed E-state index contributed by atoms with van der Waals surface area (Å²) in [4.78, 5) is 70.1. The van der Waals surface area contributed by atoms with Gasteiger partial charge in [-0.05, 0) is 25.2 Å². The topological polar surface area (TPSA) is 231 Å². The smallest absolute Gasteiger partial charge is 0.326 e. The maximum atomic E-state index is 12.6. The van der Waals surface area contributed by atoms with E-state index in [1.165, 1.54) is 0 Å². The van der Waals surface area contributed by atoms with Gasteiger partial charge in [-0.25, -0.2) is 4.79 Å². The van der Waals surface area contributed by atoms with E-state index in [0.29, 0.717) is 0 Å². The Balaban J connectivity index is 5.46. The maximum Gasteiger partial charge on any atom is 0.326 e. The summed E-state index contributed by atoms with van der Waals surface area (Å²) in [6, 6.07) is -3.88. The summed E-state index contributed by atoms with van der Waals surface area (Å²) in [6.07, 6.45) is -1.11. The fraction of sp³-hybridized carbons (Fsp3) is 0.667. The van der Waals surface area contributed by atoms with E-state index in [4.69, 9.17) is 16.6 Å². The van der Waals surface area contributed by atoms with Crippen LogP contribution >= 0.6 is 0 Å². The minimum atomic E-state index is -1.39. The van der Waals surface area contributed by atoms with Gasteiger partial charge >= 0.3 is 11.9 Å². The van der Waals surface area contributed by atoms with Gasteiger partial charge < -0.3 is 37.6 Å². The largest absolute Gasteiger partial charge is 0.481 e. The van der Waals surface area contributed by atoms with Gasteiger partial charge in [-0.15, -0.1) is 0 Å². The summed E-state index contributed by atoms with van der Waals surface area (Å²) < 4.78 is 0. The second kappa shape index (κ2) is 13.9. The van der Waals surface area contributed by atoms with Crippen LogP contribution in [0.4, 0.5) is 0 Å². The van der Waals surface area contributed by atoms with E-state index in [1.807, 2.05) is 0 Å². The quantitative estimate of drug-likeness (QED) is 0.143. The lowest BCUT2D eigenvalue weighted by Crippen LogP contribution is -2.56. The Morgan fingerprint density at radius 3 is 1.71 bits per heavy atom. The molecule has 9 N–H and O–H groups in total. The molecule has 0 radical (unpaired) electrons. The molecule has 4 amide bonds. The number of amides is 4. The third-order valence-electron chi connectivity index (χ3n) is 4.12. The van der Waals surface area contributed by atoms with Gasteiger partial charge in [0.05, 0.1) is 6.54 Å². The Morgan fingerprint density at radius 2 is 1.29 bits per heavy atom. The van der Waals surface area contributed by atoms with Gasteiger partial charge in [0.1, 0.15) is 18.1 Å². The molecule has 0 aliphatic heterocycles. The molecule has 0 rings (SSSR count). The van der Waals surface area contributed by atoms with Crippen LogP contribution in [0.1, 0.15) is 46.0 Å². The highest BCUT2D eigenvalue weighted by Gasteiger charge is 2.30. The molecule has 0 aromatic rings. The van der Waals surface area contributed by atoms with Gasteiger partial charge in [0.2, 0.25) is 23.6 Å². The first-order chi connectivity index (χ1) is 14.4. The van der Waals surface area contributed by atoms with Crippen LogP contribution in [0.15, 0.2) is 0 Å². The van der Waals surface area contributed by atoms with Crippen molar-refractivity contribution in [2.75, 3.05) is 6.54 Å². The number of carboxylic acid groups (broad SMARTS) is 2. The van der Waals surface area contributed by atoms with E-state index >= 15 is 0 Å². The zero-order chi connectivity index (χ0) is 24.1. The molecule has 0 bridgehead atoms. The molecule has 13 heteroatoms. The molecule has 3 unspecified atom stereocenters. The SMILES string of the molecule is CC(C)CC(NC(=O)C(CCC(=O)O)NC(=O)C(CCC(N)=O)NC(=O)CN)C(=O)O. The summed E-state index contributed by atoms with van der Waals surface area (Å²) >= 11 is 0.